The molecule has 108 valence electrons. The Bertz CT molecular complexity index is 347. The number of rotatable bonds is 4. The highest BCUT2D eigenvalue weighted by Gasteiger charge is 2.30. The Labute approximate surface area is 117 Å². The molecule has 18 heavy (non-hydrogen) atoms. The molecule has 1 N–H and O–H groups in total. The molecule has 2 unspecified atom stereocenters. The summed E-state index contributed by atoms with van der Waals surface area (Å²) in [6.45, 7) is 5.34. The summed E-state index contributed by atoms with van der Waals surface area (Å²) in [5.74, 6) is 1.01. The van der Waals surface area contributed by atoms with Crippen LogP contribution >= 0.6 is 12.4 Å². The molecule has 0 aromatic rings. The Kier molecular flexibility index (Phi) is 5.90. The first kappa shape index (κ1) is 16.2. The van der Waals surface area contributed by atoms with E-state index in [0.717, 1.165) is 6.42 Å². The molecule has 0 bridgehead atoms. The molecule has 0 aromatic carbocycles. The van der Waals surface area contributed by atoms with Crippen LogP contribution in [0.4, 0.5) is 0 Å². The first-order chi connectivity index (χ1) is 7.97. The van der Waals surface area contributed by atoms with E-state index >= 15 is 0 Å². The third-order valence-electron chi connectivity index (χ3n) is 3.93. The van der Waals surface area contributed by atoms with E-state index in [9.17, 15) is 8.42 Å². The number of nitrogens with one attached hydrogen (secondary N) is 1. The lowest BCUT2D eigenvalue weighted by molar-refractivity contribution is 0.259. The van der Waals surface area contributed by atoms with Crippen LogP contribution in [0, 0.1) is 5.92 Å². The van der Waals surface area contributed by atoms with Crippen LogP contribution in [0.3, 0.4) is 0 Å². The van der Waals surface area contributed by atoms with Crippen LogP contribution in [0.5, 0.6) is 0 Å². The van der Waals surface area contributed by atoms with Crippen molar-refractivity contribution in [1.29, 1.82) is 0 Å². The van der Waals surface area contributed by atoms with Crippen LogP contribution in [0.2, 0.25) is 0 Å². The maximum atomic E-state index is 12.2. The molecular weight excluding hydrogens is 272 g/mol. The Morgan fingerprint density at radius 2 is 1.72 bits per heavy atom. The number of halogens is 1. The van der Waals surface area contributed by atoms with Crippen LogP contribution in [0.1, 0.15) is 39.5 Å². The van der Waals surface area contributed by atoms with Crippen LogP contribution < -0.4 is 5.32 Å². The Morgan fingerprint density at radius 3 is 2.17 bits per heavy atom. The topological polar surface area (TPSA) is 49.4 Å². The molecule has 2 rings (SSSR count). The van der Waals surface area contributed by atoms with Crippen molar-refractivity contribution in [2.75, 3.05) is 18.8 Å². The zero-order valence-corrected chi connectivity index (χ0v) is 12.9. The van der Waals surface area contributed by atoms with Crippen molar-refractivity contribution >= 4 is 22.4 Å². The summed E-state index contributed by atoms with van der Waals surface area (Å²) in [6.07, 6.45) is 4.59. The SMILES string of the molecule is CC1CN(S(=O)(=O)CCC2CCC2)CC(C)N1.Cl. The summed E-state index contributed by atoms with van der Waals surface area (Å²) in [5, 5.41) is 3.36. The second-order valence-electron chi connectivity index (χ2n) is 5.69. The molecule has 0 aromatic heterocycles. The molecular formula is C12H25ClN2O2S. The second kappa shape index (κ2) is 6.55. The van der Waals surface area contributed by atoms with E-state index in [1.54, 1.807) is 4.31 Å². The molecule has 1 heterocycles. The molecule has 1 aliphatic carbocycles. The first-order valence-electron chi connectivity index (χ1n) is 6.71. The predicted molar refractivity (Wildman–Crippen MR) is 76.6 cm³/mol. The van der Waals surface area contributed by atoms with Gasteiger partial charge in [-0.15, -0.1) is 12.4 Å². The van der Waals surface area contributed by atoms with Crippen LogP contribution in [-0.4, -0.2) is 43.6 Å². The summed E-state index contributed by atoms with van der Waals surface area (Å²) in [6, 6.07) is 0.523. The van der Waals surface area contributed by atoms with Crippen molar-refractivity contribution in [2.24, 2.45) is 5.92 Å². The number of hydrogen-bond donors (Lipinski definition) is 1. The van der Waals surface area contributed by atoms with Gasteiger partial charge in [0.1, 0.15) is 0 Å². The van der Waals surface area contributed by atoms with Gasteiger partial charge in [-0.1, -0.05) is 19.3 Å². The van der Waals surface area contributed by atoms with E-state index in [-0.39, 0.29) is 24.5 Å². The van der Waals surface area contributed by atoms with Gasteiger partial charge in [-0.2, -0.15) is 4.31 Å². The van der Waals surface area contributed by atoms with Crippen molar-refractivity contribution < 1.29 is 8.42 Å². The van der Waals surface area contributed by atoms with Crippen molar-refractivity contribution in [3.05, 3.63) is 0 Å². The van der Waals surface area contributed by atoms with Crippen LogP contribution in [0.15, 0.2) is 0 Å². The molecule has 1 saturated heterocycles. The average Bonchev–Trinajstić information content (AvgIpc) is 2.13. The van der Waals surface area contributed by atoms with Crippen molar-refractivity contribution in [3.8, 4) is 0 Å². The second-order valence-corrected chi connectivity index (χ2v) is 7.78. The number of sulfonamides is 1. The summed E-state index contributed by atoms with van der Waals surface area (Å²) in [5.41, 5.74) is 0. The van der Waals surface area contributed by atoms with Gasteiger partial charge in [0.2, 0.25) is 10.0 Å². The lowest BCUT2D eigenvalue weighted by Crippen LogP contribution is -2.56. The minimum Gasteiger partial charge on any atom is -0.309 e. The van der Waals surface area contributed by atoms with Gasteiger partial charge >= 0.3 is 0 Å². The highest BCUT2D eigenvalue weighted by atomic mass is 35.5. The van der Waals surface area contributed by atoms with Crippen molar-refractivity contribution in [1.82, 2.24) is 9.62 Å². The minimum atomic E-state index is -3.03. The molecule has 6 heteroatoms. The van der Waals surface area contributed by atoms with E-state index in [4.69, 9.17) is 0 Å². The van der Waals surface area contributed by atoms with E-state index in [1.807, 2.05) is 13.8 Å². The third-order valence-corrected chi connectivity index (χ3v) is 5.76. The van der Waals surface area contributed by atoms with E-state index in [0.29, 0.717) is 24.8 Å². The van der Waals surface area contributed by atoms with Crippen molar-refractivity contribution in [3.63, 3.8) is 0 Å². The normalized spacial score (nSPS) is 30.6. The molecule has 0 radical (unpaired) electrons. The average molecular weight is 297 g/mol. The zero-order chi connectivity index (χ0) is 12.5. The fraction of sp³-hybridized carbons (Fsp3) is 1.00. The number of piperazine rings is 1. The summed E-state index contributed by atoms with van der Waals surface area (Å²) < 4.78 is 26.1. The molecule has 4 nitrogen and oxygen atoms in total. The summed E-state index contributed by atoms with van der Waals surface area (Å²) >= 11 is 0. The van der Waals surface area contributed by atoms with E-state index in [1.165, 1.54) is 19.3 Å². The summed E-state index contributed by atoms with van der Waals surface area (Å²) in [7, 11) is -3.03. The highest BCUT2D eigenvalue weighted by Crippen LogP contribution is 2.30. The van der Waals surface area contributed by atoms with E-state index < -0.39 is 10.0 Å². The van der Waals surface area contributed by atoms with Gasteiger partial charge in [-0.05, 0) is 26.2 Å². The molecule has 2 aliphatic rings. The fourth-order valence-corrected chi connectivity index (χ4v) is 4.52. The molecule has 0 spiro atoms. The summed E-state index contributed by atoms with van der Waals surface area (Å²) in [4.78, 5) is 0. The number of nitrogens with zero attached hydrogens (tertiary/aromatic N) is 1. The van der Waals surface area contributed by atoms with Gasteiger partial charge in [-0.25, -0.2) is 8.42 Å². The van der Waals surface area contributed by atoms with Gasteiger partial charge < -0.3 is 5.32 Å². The lowest BCUT2D eigenvalue weighted by atomic mass is 9.84. The molecule has 1 aliphatic heterocycles. The van der Waals surface area contributed by atoms with E-state index in [2.05, 4.69) is 5.32 Å². The van der Waals surface area contributed by atoms with Gasteiger partial charge in [0.25, 0.3) is 0 Å². The van der Waals surface area contributed by atoms with Gasteiger partial charge in [0.15, 0.2) is 0 Å². The van der Waals surface area contributed by atoms with Gasteiger partial charge in [0, 0.05) is 25.2 Å². The fourth-order valence-electron chi connectivity index (χ4n) is 2.73. The Balaban J connectivity index is 0.00000162. The van der Waals surface area contributed by atoms with Crippen LogP contribution in [0.25, 0.3) is 0 Å². The smallest absolute Gasteiger partial charge is 0.214 e. The monoisotopic (exact) mass is 296 g/mol. The van der Waals surface area contributed by atoms with Crippen LogP contribution in [-0.2, 0) is 10.0 Å². The van der Waals surface area contributed by atoms with Crippen molar-refractivity contribution in [2.45, 2.75) is 51.6 Å². The zero-order valence-electron chi connectivity index (χ0n) is 11.3. The molecule has 2 atom stereocenters. The predicted octanol–water partition coefficient (Wildman–Crippen LogP) is 1.61. The molecule has 0 amide bonds. The van der Waals surface area contributed by atoms with Gasteiger partial charge in [0.05, 0.1) is 5.75 Å². The quantitative estimate of drug-likeness (QED) is 0.857. The minimum absolute atomic E-state index is 0. The lowest BCUT2D eigenvalue weighted by Gasteiger charge is -2.35. The van der Waals surface area contributed by atoms with Gasteiger partial charge in [-0.3, -0.25) is 0 Å². The Hall–Kier alpha value is 0.160. The first-order valence-corrected chi connectivity index (χ1v) is 8.32. The Morgan fingerprint density at radius 1 is 1.17 bits per heavy atom. The maximum absolute atomic E-state index is 12.2. The number of hydrogen-bond acceptors (Lipinski definition) is 3. The standard InChI is InChI=1S/C12H24N2O2S.ClH/c1-10-8-14(9-11(2)13-10)17(15,16)7-6-12-4-3-5-12;/h10-13H,3-9H2,1-2H3;1H. The largest absolute Gasteiger partial charge is 0.309 e. The maximum Gasteiger partial charge on any atom is 0.214 e. The molecule has 1 saturated carbocycles. The molecule has 2 fully saturated rings. The third kappa shape index (κ3) is 4.08. The highest BCUT2D eigenvalue weighted by molar-refractivity contribution is 7.89.